The fraction of sp³-hybridized carbons (Fsp3) is 0.429. The minimum atomic E-state index is 0.821. The van der Waals surface area contributed by atoms with Gasteiger partial charge in [-0.3, -0.25) is 0 Å². The first-order valence-electron chi connectivity index (χ1n) is 6.01. The van der Waals surface area contributed by atoms with E-state index in [4.69, 9.17) is 4.42 Å². The van der Waals surface area contributed by atoms with Crippen LogP contribution in [0.2, 0.25) is 0 Å². The molecule has 1 heterocycles. The second-order valence-electron chi connectivity index (χ2n) is 4.23. The van der Waals surface area contributed by atoms with Gasteiger partial charge < -0.3 is 9.73 Å². The predicted molar refractivity (Wildman–Crippen MR) is 67.1 cm³/mol. The third kappa shape index (κ3) is 3.70. The van der Waals surface area contributed by atoms with Crippen LogP contribution in [0.15, 0.2) is 41.0 Å². The molecule has 1 aromatic rings. The molecule has 1 N–H and O–H groups in total. The van der Waals surface area contributed by atoms with Crippen LogP contribution in [-0.4, -0.2) is 13.1 Å². The molecular weight excluding hydrogens is 198 g/mol. The highest BCUT2D eigenvalue weighted by atomic mass is 16.3. The van der Waals surface area contributed by atoms with Gasteiger partial charge in [-0.05, 0) is 49.9 Å². The fourth-order valence-corrected chi connectivity index (χ4v) is 1.97. The Bertz CT molecular complexity index is 338. The molecule has 0 radical (unpaired) electrons. The molecular formula is C14H19NO. The van der Waals surface area contributed by atoms with E-state index in [1.807, 2.05) is 18.2 Å². The zero-order valence-corrected chi connectivity index (χ0v) is 9.56. The van der Waals surface area contributed by atoms with Crippen molar-refractivity contribution < 1.29 is 4.42 Å². The first kappa shape index (κ1) is 11.2. The first-order chi connectivity index (χ1) is 7.95. The zero-order valence-electron chi connectivity index (χ0n) is 9.56. The van der Waals surface area contributed by atoms with Crippen molar-refractivity contribution in [1.29, 1.82) is 0 Å². The molecule has 16 heavy (non-hydrogen) atoms. The highest BCUT2D eigenvalue weighted by Gasteiger charge is 2.07. The lowest BCUT2D eigenvalue weighted by Crippen LogP contribution is -2.23. The Hall–Kier alpha value is -1.28. The average molecular weight is 217 g/mol. The van der Waals surface area contributed by atoms with E-state index in [0.717, 1.165) is 24.8 Å². The molecule has 2 heteroatoms. The van der Waals surface area contributed by atoms with Crippen molar-refractivity contribution in [3.05, 3.63) is 42.4 Å². The van der Waals surface area contributed by atoms with Gasteiger partial charge in [-0.15, -0.1) is 0 Å². The molecule has 0 aliphatic heterocycles. The quantitative estimate of drug-likeness (QED) is 0.605. The highest BCUT2D eigenvalue weighted by molar-refractivity contribution is 5.42. The topological polar surface area (TPSA) is 25.2 Å². The van der Waals surface area contributed by atoms with Crippen LogP contribution < -0.4 is 5.32 Å². The van der Waals surface area contributed by atoms with Crippen LogP contribution in [0.3, 0.4) is 0 Å². The maximum absolute atomic E-state index is 5.21. The van der Waals surface area contributed by atoms with Crippen molar-refractivity contribution in [3.8, 4) is 0 Å². The van der Waals surface area contributed by atoms with Crippen LogP contribution in [0.1, 0.15) is 25.0 Å². The average Bonchev–Trinajstić information content (AvgIpc) is 2.83. The van der Waals surface area contributed by atoms with Gasteiger partial charge in [-0.2, -0.15) is 0 Å². The molecule has 0 saturated carbocycles. The SMILES string of the molecule is C1=CCC(CNC/C=C/c2ccco2)CC1. The number of furan rings is 1. The van der Waals surface area contributed by atoms with Crippen molar-refractivity contribution >= 4 is 6.08 Å². The second kappa shape index (κ2) is 6.33. The highest BCUT2D eigenvalue weighted by Crippen LogP contribution is 2.16. The van der Waals surface area contributed by atoms with Gasteiger partial charge in [-0.1, -0.05) is 18.2 Å². The number of hydrogen-bond acceptors (Lipinski definition) is 2. The molecule has 0 fully saturated rings. The van der Waals surface area contributed by atoms with Crippen molar-refractivity contribution in [3.63, 3.8) is 0 Å². The van der Waals surface area contributed by atoms with E-state index >= 15 is 0 Å². The Balaban J connectivity index is 1.59. The molecule has 1 unspecified atom stereocenters. The number of hydrogen-bond donors (Lipinski definition) is 1. The molecule has 0 aromatic carbocycles. The number of rotatable bonds is 5. The van der Waals surface area contributed by atoms with Crippen LogP contribution in [0.4, 0.5) is 0 Å². The van der Waals surface area contributed by atoms with Crippen LogP contribution in [0.25, 0.3) is 6.08 Å². The summed E-state index contributed by atoms with van der Waals surface area (Å²) in [5.74, 6) is 1.74. The Morgan fingerprint density at radius 2 is 2.44 bits per heavy atom. The summed E-state index contributed by atoms with van der Waals surface area (Å²) >= 11 is 0. The molecule has 0 saturated heterocycles. The van der Waals surface area contributed by atoms with Gasteiger partial charge in [-0.25, -0.2) is 0 Å². The molecule has 1 aliphatic rings. The molecule has 0 spiro atoms. The van der Waals surface area contributed by atoms with Crippen LogP contribution >= 0.6 is 0 Å². The van der Waals surface area contributed by atoms with Gasteiger partial charge >= 0.3 is 0 Å². The van der Waals surface area contributed by atoms with Crippen molar-refractivity contribution in [2.45, 2.75) is 19.3 Å². The second-order valence-corrected chi connectivity index (χ2v) is 4.23. The summed E-state index contributed by atoms with van der Waals surface area (Å²) in [4.78, 5) is 0. The van der Waals surface area contributed by atoms with E-state index in [2.05, 4.69) is 23.5 Å². The van der Waals surface area contributed by atoms with E-state index in [9.17, 15) is 0 Å². The third-order valence-corrected chi connectivity index (χ3v) is 2.90. The summed E-state index contributed by atoms with van der Waals surface area (Å²) in [6.45, 7) is 2.04. The summed E-state index contributed by atoms with van der Waals surface area (Å²) in [6.07, 6.45) is 14.2. The lowest BCUT2D eigenvalue weighted by atomic mass is 9.94. The maximum atomic E-state index is 5.21. The van der Waals surface area contributed by atoms with Crippen LogP contribution in [-0.2, 0) is 0 Å². The number of nitrogens with one attached hydrogen (secondary N) is 1. The predicted octanol–water partition coefficient (Wildman–Crippen LogP) is 3.24. The van der Waals surface area contributed by atoms with Crippen LogP contribution in [0.5, 0.6) is 0 Å². The molecule has 0 bridgehead atoms. The Morgan fingerprint density at radius 1 is 1.44 bits per heavy atom. The maximum Gasteiger partial charge on any atom is 0.126 e. The standard InChI is InChI=1S/C14H19NO/c1-2-6-13(7-3-1)12-15-10-4-8-14-9-5-11-16-14/h1-2,4-5,8-9,11,13,15H,3,6-7,10,12H2/b8-4+. The Kier molecular flexibility index (Phi) is 4.44. The monoisotopic (exact) mass is 217 g/mol. The van der Waals surface area contributed by atoms with E-state index < -0.39 is 0 Å². The van der Waals surface area contributed by atoms with E-state index in [0.29, 0.717) is 0 Å². The van der Waals surface area contributed by atoms with E-state index in [-0.39, 0.29) is 0 Å². The van der Waals surface area contributed by atoms with E-state index in [1.54, 1.807) is 6.26 Å². The van der Waals surface area contributed by atoms with Gasteiger partial charge in [0.25, 0.3) is 0 Å². The first-order valence-corrected chi connectivity index (χ1v) is 6.01. The third-order valence-electron chi connectivity index (χ3n) is 2.90. The minimum absolute atomic E-state index is 0.821. The molecule has 1 atom stereocenters. The minimum Gasteiger partial charge on any atom is -0.465 e. The fourth-order valence-electron chi connectivity index (χ4n) is 1.97. The molecule has 1 aliphatic carbocycles. The molecule has 1 aromatic heterocycles. The van der Waals surface area contributed by atoms with Crippen molar-refractivity contribution in [2.24, 2.45) is 5.92 Å². The molecule has 2 nitrogen and oxygen atoms in total. The number of allylic oxidation sites excluding steroid dienone is 2. The van der Waals surface area contributed by atoms with Gasteiger partial charge in [0.15, 0.2) is 0 Å². The van der Waals surface area contributed by atoms with Crippen LogP contribution in [0, 0.1) is 5.92 Å². The Labute approximate surface area is 97.0 Å². The summed E-state index contributed by atoms with van der Waals surface area (Å²) in [7, 11) is 0. The Morgan fingerprint density at radius 3 is 3.19 bits per heavy atom. The lowest BCUT2D eigenvalue weighted by molar-refractivity contribution is 0.451. The van der Waals surface area contributed by atoms with Gasteiger partial charge in [0.1, 0.15) is 5.76 Å². The summed E-state index contributed by atoms with van der Waals surface area (Å²) in [5.41, 5.74) is 0. The van der Waals surface area contributed by atoms with Gasteiger partial charge in [0.05, 0.1) is 6.26 Å². The summed E-state index contributed by atoms with van der Waals surface area (Å²) in [5, 5.41) is 3.46. The van der Waals surface area contributed by atoms with Gasteiger partial charge in [0, 0.05) is 6.54 Å². The summed E-state index contributed by atoms with van der Waals surface area (Å²) < 4.78 is 5.21. The normalized spacial score (nSPS) is 20.6. The largest absolute Gasteiger partial charge is 0.465 e. The zero-order chi connectivity index (χ0) is 11.1. The molecule has 2 rings (SSSR count). The smallest absolute Gasteiger partial charge is 0.126 e. The lowest BCUT2D eigenvalue weighted by Gasteiger charge is -2.17. The van der Waals surface area contributed by atoms with Crippen molar-refractivity contribution in [1.82, 2.24) is 5.32 Å². The summed E-state index contributed by atoms with van der Waals surface area (Å²) in [6, 6.07) is 3.86. The molecule has 86 valence electrons. The van der Waals surface area contributed by atoms with E-state index in [1.165, 1.54) is 19.3 Å². The van der Waals surface area contributed by atoms with Crippen molar-refractivity contribution in [2.75, 3.05) is 13.1 Å². The molecule has 0 amide bonds. The van der Waals surface area contributed by atoms with Gasteiger partial charge in [0.2, 0.25) is 0 Å².